The summed E-state index contributed by atoms with van der Waals surface area (Å²) in [5.41, 5.74) is 3.17. The lowest BCUT2D eigenvalue weighted by Crippen LogP contribution is -2.16. The molecule has 1 aromatic carbocycles. The minimum absolute atomic E-state index is 0.0361. The maximum atomic E-state index is 12.0. The lowest BCUT2D eigenvalue weighted by molar-refractivity contribution is 0.810. The fourth-order valence-corrected chi connectivity index (χ4v) is 2.65. The van der Waals surface area contributed by atoms with Gasteiger partial charge in [-0.3, -0.25) is 9.20 Å². The number of nitrogens with zero attached hydrogens (tertiary/aromatic N) is 2. The molecule has 0 spiro atoms. The fourth-order valence-electron chi connectivity index (χ4n) is 2.65. The molecule has 17 heavy (non-hydrogen) atoms. The molecule has 3 nitrogen and oxygen atoms in total. The van der Waals surface area contributed by atoms with Crippen molar-refractivity contribution in [2.75, 3.05) is 0 Å². The first-order valence-corrected chi connectivity index (χ1v) is 5.65. The van der Waals surface area contributed by atoms with E-state index in [1.54, 1.807) is 10.5 Å². The zero-order chi connectivity index (χ0) is 11.4. The summed E-state index contributed by atoms with van der Waals surface area (Å²) in [4.78, 5) is 12.0. The van der Waals surface area contributed by atoms with E-state index in [4.69, 9.17) is 0 Å². The van der Waals surface area contributed by atoms with Crippen LogP contribution in [-0.4, -0.2) is 8.97 Å². The summed E-state index contributed by atoms with van der Waals surface area (Å²) >= 11 is 0. The number of benzene rings is 1. The van der Waals surface area contributed by atoms with Gasteiger partial charge in [0.15, 0.2) is 0 Å². The second-order valence-electron chi connectivity index (χ2n) is 4.30. The molecule has 4 rings (SSSR count). The van der Waals surface area contributed by atoms with Crippen molar-refractivity contribution in [2.45, 2.75) is 6.54 Å². The van der Waals surface area contributed by atoms with Gasteiger partial charge in [0, 0.05) is 29.8 Å². The monoisotopic (exact) mass is 222 g/mol. The van der Waals surface area contributed by atoms with Crippen molar-refractivity contribution in [1.29, 1.82) is 0 Å². The van der Waals surface area contributed by atoms with Crippen LogP contribution in [0.2, 0.25) is 0 Å². The van der Waals surface area contributed by atoms with Crippen LogP contribution in [0.3, 0.4) is 0 Å². The van der Waals surface area contributed by atoms with Crippen LogP contribution in [0.1, 0.15) is 5.56 Å². The Labute approximate surface area is 97.2 Å². The minimum Gasteiger partial charge on any atom is -0.330 e. The first kappa shape index (κ1) is 8.82. The Morgan fingerprint density at radius 1 is 1.12 bits per heavy atom. The maximum Gasteiger partial charge on any atom is 0.258 e. The molecular formula is C14H10N2O. The van der Waals surface area contributed by atoms with E-state index in [0.717, 1.165) is 28.7 Å². The van der Waals surface area contributed by atoms with Crippen LogP contribution in [0.5, 0.6) is 0 Å². The van der Waals surface area contributed by atoms with Gasteiger partial charge in [-0.1, -0.05) is 30.4 Å². The van der Waals surface area contributed by atoms with E-state index in [0.29, 0.717) is 0 Å². The number of hydrogen-bond acceptors (Lipinski definition) is 1. The molecule has 0 aliphatic carbocycles. The molecule has 0 unspecified atom stereocenters. The SMILES string of the molecule is O=c1ccn2c3c(c4ccccc4n13)C=CC2. The van der Waals surface area contributed by atoms with Gasteiger partial charge in [-0.05, 0) is 6.07 Å². The Morgan fingerprint density at radius 2 is 2.00 bits per heavy atom. The highest BCUT2D eigenvalue weighted by Gasteiger charge is 2.15. The van der Waals surface area contributed by atoms with Crippen LogP contribution in [0.25, 0.3) is 22.6 Å². The number of hydrogen-bond donors (Lipinski definition) is 0. The summed E-state index contributed by atoms with van der Waals surface area (Å²) in [6.45, 7) is 0.826. The molecule has 1 aliphatic heterocycles. The third kappa shape index (κ3) is 0.984. The minimum atomic E-state index is 0.0361. The van der Waals surface area contributed by atoms with Crippen molar-refractivity contribution in [1.82, 2.24) is 8.97 Å². The van der Waals surface area contributed by atoms with Crippen molar-refractivity contribution in [3.63, 3.8) is 0 Å². The zero-order valence-electron chi connectivity index (χ0n) is 9.13. The number of para-hydroxylation sites is 1. The Kier molecular flexibility index (Phi) is 1.50. The highest BCUT2D eigenvalue weighted by Crippen LogP contribution is 2.28. The van der Waals surface area contributed by atoms with Crippen molar-refractivity contribution < 1.29 is 0 Å². The van der Waals surface area contributed by atoms with Gasteiger partial charge in [0.1, 0.15) is 5.65 Å². The second-order valence-corrected chi connectivity index (χ2v) is 4.30. The van der Waals surface area contributed by atoms with Crippen LogP contribution < -0.4 is 5.56 Å². The standard InChI is InChI=1S/C14H10N2O/c17-13-7-9-15-8-3-5-11-10-4-1-2-6-12(10)16(13)14(11)15/h1-7,9H,8H2. The Bertz CT molecular complexity index is 836. The maximum absolute atomic E-state index is 12.0. The zero-order valence-corrected chi connectivity index (χ0v) is 9.13. The highest BCUT2D eigenvalue weighted by molar-refractivity contribution is 5.97. The van der Waals surface area contributed by atoms with E-state index in [2.05, 4.69) is 22.8 Å². The molecule has 3 heteroatoms. The predicted octanol–water partition coefficient (Wildman–Crippen LogP) is 2.28. The van der Waals surface area contributed by atoms with Crippen molar-refractivity contribution in [3.05, 3.63) is 58.5 Å². The molecule has 0 N–H and O–H groups in total. The average Bonchev–Trinajstić information content (AvgIpc) is 2.71. The van der Waals surface area contributed by atoms with E-state index < -0.39 is 0 Å². The van der Waals surface area contributed by atoms with Gasteiger partial charge in [0.2, 0.25) is 0 Å². The Hall–Kier alpha value is -2.29. The van der Waals surface area contributed by atoms with Crippen LogP contribution in [-0.2, 0) is 6.54 Å². The second kappa shape index (κ2) is 2.88. The summed E-state index contributed by atoms with van der Waals surface area (Å²) in [5.74, 6) is 0. The molecule has 0 bridgehead atoms. The first-order chi connectivity index (χ1) is 8.36. The average molecular weight is 222 g/mol. The van der Waals surface area contributed by atoms with Gasteiger partial charge in [-0.15, -0.1) is 0 Å². The third-order valence-electron chi connectivity index (χ3n) is 3.36. The van der Waals surface area contributed by atoms with Gasteiger partial charge in [-0.25, -0.2) is 0 Å². The fraction of sp³-hybridized carbons (Fsp3) is 0.0714. The van der Waals surface area contributed by atoms with Gasteiger partial charge < -0.3 is 4.57 Å². The normalized spacial score (nSPS) is 13.6. The lowest BCUT2D eigenvalue weighted by atomic mass is 10.1. The molecule has 0 amide bonds. The summed E-state index contributed by atoms with van der Waals surface area (Å²) < 4.78 is 3.91. The Morgan fingerprint density at radius 3 is 2.94 bits per heavy atom. The number of aromatic nitrogens is 2. The summed E-state index contributed by atoms with van der Waals surface area (Å²) in [6, 6.07) is 9.67. The quantitative estimate of drug-likeness (QED) is 0.573. The largest absolute Gasteiger partial charge is 0.330 e. The lowest BCUT2D eigenvalue weighted by Gasteiger charge is -2.11. The van der Waals surface area contributed by atoms with E-state index in [-0.39, 0.29) is 5.56 Å². The smallest absolute Gasteiger partial charge is 0.258 e. The topological polar surface area (TPSA) is 26.4 Å². The number of rotatable bonds is 0. The molecule has 82 valence electrons. The molecule has 3 aromatic rings. The van der Waals surface area contributed by atoms with Crippen molar-refractivity contribution >= 4 is 22.6 Å². The molecule has 0 radical (unpaired) electrons. The van der Waals surface area contributed by atoms with Crippen LogP contribution in [0.15, 0.2) is 47.4 Å². The molecule has 0 atom stereocenters. The molecular weight excluding hydrogens is 212 g/mol. The molecule has 0 saturated heterocycles. The van der Waals surface area contributed by atoms with Gasteiger partial charge in [0.05, 0.1) is 5.52 Å². The van der Waals surface area contributed by atoms with E-state index in [9.17, 15) is 4.79 Å². The van der Waals surface area contributed by atoms with Gasteiger partial charge >= 0.3 is 0 Å². The summed E-state index contributed by atoms with van der Waals surface area (Å²) in [6.07, 6.45) is 6.10. The molecule has 3 heterocycles. The number of fused-ring (bicyclic) bond motifs is 3. The van der Waals surface area contributed by atoms with Crippen molar-refractivity contribution in [3.8, 4) is 0 Å². The van der Waals surface area contributed by atoms with E-state index >= 15 is 0 Å². The van der Waals surface area contributed by atoms with Crippen LogP contribution in [0, 0.1) is 0 Å². The van der Waals surface area contributed by atoms with Gasteiger partial charge in [0.25, 0.3) is 5.56 Å². The van der Waals surface area contributed by atoms with E-state index in [1.165, 1.54) is 0 Å². The molecule has 1 aliphatic rings. The Balaban J connectivity index is 2.46. The summed E-state index contributed by atoms with van der Waals surface area (Å²) in [7, 11) is 0. The first-order valence-electron chi connectivity index (χ1n) is 5.65. The molecule has 0 fully saturated rings. The molecule has 0 saturated carbocycles. The van der Waals surface area contributed by atoms with Crippen LogP contribution >= 0.6 is 0 Å². The van der Waals surface area contributed by atoms with Crippen molar-refractivity contribution in [2.24, 2.45) is 0 Å². The molecule has 2 aromatic heterocycles. The van der Waals surface area contributed by atoms with E-state index in [1.807, 2.05) is 24.4 Å². The third-order valence-corrected chi connectivity index (χ3v) is 3.36. The highest BCUT2D eigenvalue weighted by atomic mass is 16.1. The van der Waals surface area contributed by atoms with Gasteiger partial charge in [-0.2, -0.15) is 0 Å². The number of allylic oxidation sites excluding steroid dienone is 1. The van der Waals surface area contributed by atoms with Crippen LogP contribution in [0.4, 0.5) is 0 Å². The summed E-state index contributed by atoms with van der Waals surface area (Å²) in [5, 5.41) is 1.14. The predicted molar refractivity (Wildman–Crippen MR) is 68.2 cm³/mol.